The van der Waals surface area contributed by atoms with Crippen LogP contribution in [0.25, 0.3) is 6.08 Å². The molecule has 0 aliphatic carbocycles. The van der Waals surface area contributed by atoms with Crippen molar-refractivity contribution >= 4 is 51.8 Å². The lowest BCUT2D eigenvalue weighted by atomic mass is 10.0. The van der Waals surface area contributed by atoms with Gasteiger partial charge in [0.15, 0.2) is 0 Å². The lowest BCUT2D eigenvalue weighted by molar-refractivity contribution is -0.121. The summed E-state index contributed by atoms with van der Waals surface area (Å²) in [6, 6.07) is 8.76. The van der Waals surface area contributed by atoms with Gasteiger partial charge >= 0.3 is 0 Å². The molecule has 1 aromatic heterocycles. The molecular weight excluding hydrogens is 485 g/mol. The van der Waals surface area contributed by atoms with E-state index in [0.717, 1.165) is 0 Å². The molecule has 4 rings (SSSR count). The molecule has 0 saturated carbocycles. The van der Waals surface area contributed by atoms with Gasteiger partial charge in [0.25, 0.3) is 11.5 Å². The van der Waals surface area contributed by atoms with Crippen molar-refractivity contribution in [3.8, 4) is 6.07 Å². The molecule has 1 amide bonds. The van der Waals surface area contributed by atoms with Crippen molar-refractivity contribution in [1.82, 2.24) is 9.47 Å². The Morgan fingerprint density at radius 1 is 1.17 bits per heavy atom. The van der Waals surface area contributed by atoms with Crippen LogP contribution in [0.3, 0.4) is 0 Å². The first-order valence-corrected chi connectivity index (χ1v) is 12.6. The zero-order valence-electron chi connectivity index (χ0n) is 19.9. The number of rotatable bonds is 5. The minimum atomic E-state index is -0.335. The number of carbonyl (C=O) groups excluding carboxylic acids is 1. The Kier molecular flexibility index (Phi) is 7.28. The summed E-state index contributed by atoms with van der Waals surface area (Å²) in [4.78, 5) is 32.0. The average Bonchev–Trinajstić information content (AvgIpc) is 3.09. The molecule has 0 N–H and O–H groups in total. The molecular formula is C25H26FN5O2S2. The van der Waals surface area contributed by atoms with E-state index >= 15 is 0 Å². The van der Waals surface area contributed by atoms with Crippen LogP contribution in [0, 0.1) is 24.1 Å². The second-order valence-electron chi connectivity index (χ2n) is 8.47. The lowest BCUT2D eigenvalue weighted by Crippen LogP contribution is -2.49. The van der Waals surface area contributed by atoms with Gasteiger partial charge in [0.05, 0.1) is 10.6 Å². The summed E-state index contributed by atoms with van der Waals surface area (Å²) in [6.07, 6.45) is 2.45. The molecule has 0 unspecified atom stereocenters. The van der Waals surface area contributed by atoms with E-state index in [2.05, 4.69) is 11.0 Å². The Labute approximate surface area is 213 Å². The van der Waals surface area contributed by atoms with Crippen molar-refractivity contribution in [3.63, 3.8) is 0 Å². The SMILES string of the molecule is CCCn1c(N2CCN(c3ccccc3F)CC2)c(/C=C2\SC(=S)N(C)C2=O)c(C)c(C#N)c1=O. The predicted molar refractivity (Wildman–Crippen MR) is 142 cm³/mol. The Hall–Kier alpha value is -3.16. The quantitative estimate of drug-likeness (QED) is 0.447. The lowest BCUT2D eigenvalue weighted by Gasteiger charge is -2.39. The fourth-order valence-corrected chi connectivity index (χ4v) is 5.62. The number of carbonyl (C=O) groups is 1. The van der Waals surface area contributed by atoms with Gasteiger partial charge in [-0.1, -0.05) is 43.0 Å². The zero-order chi connectivity index (χ0) is 25.3. The fourth-order valence-electron chi connectivity index (χ4n) is 4.46. The Morgan fingerprint density at radius 2 is 1.83 bits per heavy atom. The van der Waals surface area contributed by atoms with Crippen LogP contribution in [0.4, 0.5) is 15.9 Å². The van der Waals surface area contributed by atoms with E-state index in [0.29, 0.717) is 71.0 Å². The van der Waals surface area contributed by atoms with Crippen LogP contribution in [0.2, 0.25) is 0 Å². The number of thioether (sulfide) groups is 1. The van der Waals surface area contributed by atoms with E-state index in [1.807, 2.05) is 17.9 Å². The molecule has 35 heavy (non-hydrogen) atoms. The van der Waals surface area contributed by atoms with Gasteiger partial charge in [0.1, 0.15) is 27.6 Å². The molecule has 1 aromatic carbocycles. The molecule has 0 radical (unpaired) electrons. The van der Waals surface area contributed by atoms with Gasteiger partial charge < -0.3 is 9.80 Å². The number of aromatic nitrogens is 1. The average molecular weight is 512 g/mol. The number of hydrogen-bond acceptors (Lipinski definition) is 7. The number of piperazine rings is 1. The number of benzene rings is 1. The normalized spacial score (nSPS) is 17.5. The molecule has 2 aromatic rings. The van der Waals surface area contributed by atoms with Gasteiger partial charge in [-0.25, -0.2) is 4.39 Å². The number of halogens is 1. The third-order valence-electron chi connectivity index (χ3n) is 6.33. The van der Waals surface area contributed by atoms with Crippen molar-refractivity contribution in [2.75, 3.05) is 43.0 Å². The number of pyridine rings is 1. The van der Waals surface area contributed by atoms with E-state index in [9.17, 15) is 19.2 Å². The monoisotopic (exact) mass is 511 g/mol. The predicted octanol–water partition coefficient (Wildman–Crippen LogP) is 3.74. The van der Waals surface area contributed by atoms with Crippen molar-refractivity contribution in [1.29, 1.82) is 5.26 Å². The van der Waals surface area contributed by atoms with Gasteiger partial charge in [-0.15, -0.1) is 0 Å². The maximum absolute atomic E-state index is 14.4. The number of hydrogen-bond donors (Lipinski definition) is 0. The first kappa shape index (κ1) is 24.9. The van der Waals surface area contributed by atoms with Crippen molar-refractivity contribution in [3.05, 3.63) is 62.0 Å². The summed E-state index contributed by atoms with van der Waals surface area (Å²) in [7, 11) is 1.63. The molecule has 2 saturated heterocycles. The van der Waals surface area contributed by atoms with E-state index in [1.165, 1.54) is 22.7 Å². The standard InChI is InChI=1S/C25H26FN5O2S2/c1-4-9-31-22(30-12-10-29(11-13-30)20-8-6-5-7-19(20)26)17(16(2)18(15-27)23(31)32)14-21-24(33)28(3)25(34)35-21/h5-8,14H,4,9-13H2,1-3H3/b21-14-. The maximum atomic E-state index is 14.4. The first-order valence-electron chi connectivity index (χ1n) is 11.4. The van der Waals surface area contributed by atoms with Gasteiger partial charge in [0, 0.05) is 45.3 Å². The number of likely N-dealkylation sites (N-methyl/N-ethyl adjacent to an activating group) is 1. The zero-order valence-corrected chi connectivity index (χ0v) is 21.5. The molecule has 182 valence electrons. The summed E-state index contributed by atoms with van der Waals surface area (Å²) in [6.45, 7) is 6.39. The van der Waals surface area contributed by atoms with Crippen LogP contribution in [-0.2, 0) is 11.3 Å². The summed E-state index contributed by atoms with van der Waals surface area (Å²) < 4.78 is 16.5. The smallest absolute Gasteiger partial charge is 0.270 e. The molecule has 0 bridgehead atoms. The molecule has 2 fully saturated rings. The van der Waals surface area contributed by atoms with E-state index in [-0.39, 0.29) is 22.8 Å². The van der Waals surface area contributed by atoms with Crippen LogP contribution in [0.15, 0.2) is 34.0 Å². The molecule has 2 aliphatic heterocycles. The van der Waals surface area contributed by atoms with E-state index in [4.69, 9.17) is 12.2 Å². The highest BCUT2D eigenvalue weighted by atomic mass is 32.2. The van der Waals surface area contributed by atoms with Crippen LogP contribution in [-0.4, -0.2) is 52.9 Å². The Morgan fingerprint density at radius 3 is 2.40 bits per heavy atom. The topological polar surface area (TPSA) is 72.6 Å². The highest BCUT2D eigenvalue weighted by molar-refractivity contribution is 8.26. The summed E-state index contributed by atoms with van der Waals surface area (Å²) in [5.74, 6) is 0.213. The molecule has 0 spiro atoms. The van der Waals surface area contributed by atoms with E-state index in [1.54, 1.807) is 36.7 Å². The number of amides is 1. The molecule has 10 heteroatoms. The fraction of sp³-hybridized carbons (Fsp3) is 0.360. The van der Waals surface area contributed by atoms with Crippen molar-refractivity contribution in [2.24, 2.45) is 0 Å². The van der Waals surface area contributed by atoms with Crippen LogP contribution in [0.5, 0.6) is 0 Å². The molecule has 0 atom stereocenters. The second kappa shape index (κ2) is 10.2. The number of nitrogens with zero attached hydrogens (tertiary/aromatic N) is 5. The van der Waals surface area contributed by atoms with Gasteiger partial charge in [0.2, 0.25) is 0 Å². The Balaban J connectivity index is 1.81. The Bertz CT molecular complexity index is 1320. The maximum Gasteiger partial charge on any atom is 0.270 e. The van der Waals surface area contributed by atoms with Gasteiger partial charge in [-0.2, -0.15) is 5.26 Å². The minimum absolute atomic E-state index is 0.0745. The van der Waals surface area contributed by atoms with E-state index < -0.39 is 0 Å². The highest BCUT2D eigenvalue weighted by Crippen LogP contribution is 2.35. The van der Waals surface area contributed by atoms with Gasteiger partial charge in [-0.05, 0) is 37.1 Å². The number of nitriles is 1. The molecule has 2 aliphatic rings. The van der Waals surface area contributed by atoms with Crippen molar-refractivity contribution < 1.29 is 9.18 Å². The third-order valence-corrected chi connectivity index (χ3v) is 7.81. The van der Waals surface area contributed by atoms with Crippen LogP contribution < -0.4 is 15.4 Å². The summed E-state index contributed by atoms with van der Waals surface area (Å²) in [5.41, 5.74) is 1.51. The summed E-state index contributed by atoms with van der Waals surface area (Å²) in [5, 5.41) is 9.76. The number of anilines is 2. The molecule has 7 nitrogen and oxygen atoms in total. The van der Waals surface area contributed by atoms with Crippen LogP contribution >= 0.6 is 24.0 Å². The van der Waals surface area contributed by atoms with Crippen LogP contribution in [0.1, 0.15) is 30.0 Å². The van der Waals surface area contributed by atoms with Gasteiger partial charge in [-0.3, -0.25) is 19.1 Å². The number of thiocarbonyl (C=S) groups is 1. The third kappa shape index (κ3) is 4.58. The molecule has 3 heterocycles. The number of para-hydroxylation sites is 1. The highest BCUT2D eigenvalue weighted by Gasteiger charge is 2.31. The van der Waals surface area contributed by atoms with Crippen molar-refractivity contribution in [2.45, 2.75) is 26.8 Å². The summed E-state index contributed by atoms with van der Waals surface area (Å²) >= 11 is 6.49. The first-order chi connectivity index (χ1) is 16.8. The second-order valence-corrected chi connectivity index (χ2v) is 10.1. The largest absolute Gasteiger partial charge is 0.366 e. The minimum Gasteiger partial charge on any atom is -0.366 e.